The lowest BCUT2D eigenvalue weighted by Crippen LogP contribution is -2.20. The van der Waals surface area contributed by atoms with Crippen LogP contribution in [0.3, 0.4) is 0 Å². The van der Waals surface area contributed by atoms with E-state index in [2.05, 4.69) is 15.9 Å². The third kappa shape index (κ3) is 3.60. The molecule has 0 unspecified atom stereocenters. The molecular formula is C19H12BrClN2OS2. The van der Waals surface area contributed by atoms with Gasteiger partial charge in [-0.1, -0.05) is 51.4 Å². The Hall–Kier alpha value is -1.60. The maximum absolute atomic E-state index is 13.0. The molecule has 2 heterocycles. The molecule has 0 spiro atoms. The largest absolute Gasteiger partial charge is 0.276 e. The number of hydrogen-bond donors (Lipinski definition) is 0. The molecule has 0 amide bonds. The third-order valence-corrected chi connectivity index (χ3v) is 6.46. The lowest BCUT2D eigenvalue weighted by molar-refractivity contribution is 0.822. The number of fused-ring (bicyclic) bond motifs is 1. The van der Waals surface area contributed by atoms with Gasteiger partial charge in [0.15, 0.2) is 5.16 Å². The highest BCUT2D eigenvalue weighted by atomic mass is 79.9. The first-order valence-corrected chi connectivity index (χ1v) is 10.8. The zero-order valence-corrected chi connectivity index (χ0v) is 17.3. The van der Waals surface area contributed by atoms with Gasteiger partial charge in [-0.15, -0.1) is 11.3 Å². The Kier molecular flexibility index (Phi) is 5.18. The van der Waals surface area contributed by atoms with Crippen LogP contribution in [0.2, 0.25) is 5.02 Å². The van der Waals surface area contributed by atoms with Gasteiger partial charge in [-0.2, -0.15) is 0 Å². The molecule has 0 aliphatic rings. The highest BCUT2D eigenvalue weighted by molar-refractivity contribution is 9.10. The van der Waals surface area contributed by atoms with Crippen LogP contribution in [-0.4, -0.2) is 9.55 Å². The molecular weight excluding hydrogens is 452 g/mol. The minimum absolute atomic E-state index is 0.0408. The molecule has 0 saturated heterocycles. The lowest BCUT2D eigenvalue weighted by atomic mass is 10.2. The molecule has 0 aliphatic carbocycles. The van der Waals surface area contributed by atoms with Crippen molar-refractivity contribution in [1.82, 2.24) is 9.55 Å². The molecule has 0 atom stereocenters. The highest BCUT2D eigenvalue weighted by Crippen LogP contribution is 2.27. The first-order valence-electron chi connectivity index (χ1n) is 7.75. The number of nitrogens with zero attached hydrogens (tertiary/aromatic N) is 2. The van der Waals surface area contributed by atoms with E-state index < -0.39 is 0 Å². The van der Waals surface area contributed by atoms with Crippen molar-refractivity contribution in [3.63, 3.8) is 0 Å². The Balaban J connectivity index is 1.80. The van der Waals surface area contributed by atoms with Gasteiger partial charge in [0.1, 0.15) is 4.70 Å². The van der Waals surface area contributed by atoms with Crippen molar-refractivity contribution >= 4 is 60.8 Å². The minimum atomic E-state index is -0.0408. The van der Waals surface area contributed by atoms with Crippen molar-refractivity contribution in [2.45, 2.75) is 10.9 Å². The van der Waals surface area contributed by atoms with Gasteiger partial charge in [0, 0.05) is 15.2 Å². The van der Waals surface area contributed by atoms with E-state index in [0.29, 0.717) is 20.6 Å². The van der Waals surface area contributed by atoms with Gasteiger partial charge >= 0.3 is 0 Å². The molecule has 4 aromatic rings. The summed E-state index contributed by atoms with van der Waals surface area (Å²) in [7, 11) is 0. The second-order valence-electron chi connectivity index (χ2n) is 5.56. The van der Waals surface area contributed by atoms with Crippen LogP contribution < -0.4 is 5.56 Å². The Labute approximate surface area is 171 Å². The molecule has 0 saturated carbocycles. The summed E-state index contributed by atoms with van der Waals surface area (Å²) in [5.74, 6) is 0.680. The number of rotatable bonds is 4. The van der Waals surface area contributed by atoms with Crippen molar-refractivity contribution < 1.29 is 0 Å². The molecule has 3 nitrogen and oxygen atoms in total. The minimum Gasteiger partial charge on any atom is -0.267 e. The van der Waals surface area contributed by atoms with Gasteiger partial charge in [0.05, 0.1) is 11.2 Å². The van der Waals surface area contributed by atoms with Gasteiger partial charge in [-0.05, 0) is 53.4 Å². The summed E-state index contributed by atoms with van der Waals surface area (Å²) in [5, 5.41) is 3.27. The van der Waals surface area contributed by atoms with E-state index in [0.717, 1.165) is 21.2 Å². The monoisotopic (exact) mass is 462 g/mol. The smallest absolute Gasteiger partial charge is 0.267 e. The maximum Gasteiger partial charge on any atom is 0.276 e. The van der Waals surface area contributed by atoms with Gasteiger partial charge < -0.3 is 0 Å². The SMILES string of the molecule is O=c1c2sccc2nc(SCc2cccc(Cl)c2)n1-c1ccc(Br)cc1. The summed E-state index contributed by atoms with van der Waals surface area (Å²) >= 11 is 12.5. The van der Waals surface area contributed by atoms with E-state index in [1.807, 2.05) is 60.0 Å². The van der Waals surface area contributed by atoms with Crippen LogP contribution in [0.5, 0.6) is 0 Å². The van der Waals surface area contributed by atoms with Crippen molar-refractivity contribution in [2.75, 3.05) is 0 Å². The van der Waals surface area contributed by atoms with Gasteiger partial charge in [0.25, 0.3) is 5.56 Å². The van der Waals surface area contributed by atoms with Crippen LogP contribution in [-0.2, 0) is 5.75 Å². The molecule has 0 radical (unpaired) electrons. The Morgan fingerprint density at radius 3 is 2.73 bits per heavy atom. The summed E-state index contributed by atoms with van der Waals surface area (Å²) < 4.78 is 3.31. The van der Waals surface area contributed by atoms with Crippen molar-refractivity contribution in [3.05, 3.63) is 85.4 Å². The Bertz CT molecular complexity index is 1140. The maximum atomic E-state index is 13.0. The van der Waals surface area contributed by atoms with E-state index >= 15 is 0 Å². The predicted molar refractivity (Wildman–Crippen MR) is 114 cm³/mol. The fourth-order valence-electron chi connectivity index (χ4n) is 2.58. The fraction of sp³-hybridized carbons (Fsp3) is 0.0526. The van der Waals surface area contributed by atoms with Gasteiger partial charge in [-0.25, -0.2) is 4.98 Å². The van der Waals surface area contributed by atoms with E-state index in [4.69, 9.17) is 16.6 Å². The second kappa shape index (κ2) is 7.56. The number of thioether (sulfide) groups is 1. The summed E-state index contributed by atoms with van der Waals surface area (Å²) in [6.07, 6.45) is 0. The van der Waals surface area contributed by atoms with Gasteiger partial charge in [-0.3, -0.25) is 9.36 Å². The van der Waals surface area contributed by atoms with Crippen LogP contribution in [0.4, 0.5) is 0 Å². The van der Waals surface area contributed by atoms with Gasteiger partial charge in [0.2, 0.25) is 0 Å². The molecule has 0 N–H and O–H groups in total. The van der Waals surface area contributed by atoms with Crippen molar-refractivity contribution in [3.8, 4) is 5.69 Å². The van der Waals surface area contributed by atoms with Crippen LogP contribution >= 0.6 is 50.6 Å². The first kappa shape index (κ1) is 17.8. The summed E-state index contributed by atoms with van der Waals surface area (Å²) in [5.41, 5.74) is 2.59. The zero-order valence-electron chi connectivity index (χ0n) is 13.4. The average molecular weight is 464 g/mol. The van der Waals surface area contributed by atoms with E-state index in [1.165, 1.54) is 23.1 Å². The Morgan fingerprint density at radius 2 is 1.96 bits per heavy atom. The number of aromatic nitrogens is 2. The number of thiophene rings is 1. The predicted octanol–water partition coefficient (Wildman–Crippen LogP) is 6.16. The summed E-state index contributed by atoms with van der Waals surface area (Å²) in [4.78, 5) is 17.8. The second-order valence-corrected chi connectivity index (χ2v) is 8.78. The number of hydrogen-bond acceptors (Lipinski definition) is 4. The van der Waals surface area contributed by atoms with E-state index in [1.54, 1.807) is 4.57 Å². The van der Waals surface area contributed by atoms with Crippen LogP contribution in [0.1, 0.15) is 5.56 Å². The van der Waals surface area contributed by atoms with Crippen LogP contribution in [0.25, 0.3) is 15.9 Å². The van der Waals surface area contributed by atoms with Crippen molar-refractivity contribution in [2.24, 2.45) is 0 Å². The fourth-order valence-corrected chi connectivity index (χ4v) is 4.77. The molecule has 2 aromatic heterocycles. The topological polar surface area (TPSA) is 34.9 Å². The van der Waals surface area contributed by atoms with Crippen LogP contribution in [0.15, 0.2) is 74.4 Å². The first-order chi connectivity index (χ1) is 12.6. The summed E-state index contributed by atoms with van der Waals surface area (Å²) in [6.45, 7) is 0. The highest BCUT2D eigenvalue weighted by Gasteiger charge is 2.14. The molecule has 4 rings (SSSR count). The lowest BCUT2D eigenvalue weighted by Gasteiger charge is -2.12. The quantitative estimate of drug-likeness (QED) is 0.269. The van der Waals surface area contributed by atoms with Crippen molar-refractivity contribution in [1.29, 1.82) is 0 Å². The standard InChI is InChI=1S/C19H12BrClN2OS2/c20-13-4-6-15(7-5-13)23-18(24)17-16(8-9-25-17)22-19(23)26-11-12-2-1-3-14(21)10-12/h1-10H,11H2. The number of halogens is 2. The zero-order chi connectivity index (χ0) is 18.1. The summed E-state index contributed by atoms with van der Waals surface area (Å²) in [6, 6.07) is 17.3. The molecule has 7 heteroatoms. The van der Waals surface area contributed by atoms with E-state index in [9.17, 15) is 4.79 Å². The third-order valence-electron chi connectivity index (χ3n) is 3.79. The normalized spacial score (nSPS) is 11.2. The molecule has 2 aromatic carbocycles. The average Bonchev–Trinajstić information content (AvgIpc) is 3.10. The molecule has 0 aliphatic heterocycles. The molecule has 26 heavy (non-hydrogen) atoms. The number of benzene rings is 2. The molecule has 130 valence electrons. The van der Waals surface area contributed by atoms with Crippen LogP contribution in [0, 0.1) is 0 Å². The van der Waals surface area contributed by atoms with E-state index in [-0.39, 0.29) is 5.56 Å². The molecule has 0 fully saturated rings. The Morgan fingerprint density at radius 1 is 1.15 bits per heavy atom. The molecule has 0 bridgehead atoms.